The quantitative estimate of drug-likeness (QED) is 0.789. The van der Waals surface area contributed by atoms with E-state index in [1.807, 2.05) is 18.2 Å². The number of hydrogen-bond donors (Lipinski definition) is 2. The number of methoxy groups -OCH3 is 1. The Morgan fingerprint density at radius 2 is 1.85 bits per heavy atom. The highest BCUT2D eigenvalue weighted by molar-refractivity contribution is 5.34. The van der Waals surface area contributed by atoms with Crippen LogP contribution in [0.25, 0.3) is 5.69 Å². The van der Waals surface area contributed by atoms with Crippen molar-refractivity contribution in [1.82, 2.24) is 25.0 Å². The van der Waals surface area contributed by atoms with Crippen LogP contribution < -0.4 is 5.32 Å². The molecule has 4 rings (SSSR count). The lowest BCUT2D eigenvalue weighted by atomic mass is 9.94. The lowest BCUT2D eigenvalue weighted by Gasteiger charge is -2.22. The Kier molecular flexibility index (Phi) is 5.83. The van der Waals surface area contributed by atoms with Crippen molar-refractivity contribution in [2.45, 2.75) is 38.0 Å². The third-order valence-electron chi connectivity index (χ3n) is 5.72. The summed E-state index contributed by atoms with van der Waals surface area (Å²) in [6.07, 6.45) is 2.74. The highest BCUT2D eigenvalue weighted by Crippen LogP contribution is 2.22. The standard InChI is InChI=1S/C20H29N5O2/c1-27-18-13-24(12-17(18)26)14-20-23-22-19(11-15-7-9-21-10-8-15)25(20)16-5-3-2-4-6-16/h2-6,15,17-18,21,26H,7-14H2,1H3/t17-,18-/m0/s1. The average molecular weight is 371 g/mol. The van der Waals surface area contributed by atoms with E-state index < -0.39 is 6.10 Å². The van der Waals surface area contributed by atoms with Crippen molar-refractivity contribution < 1.29 is 9.84 Å². The maximum atomic E-state index is 10.1. The number of piperidine rings is 1. The molecule has 2 aliphatic rings. The van der Waals surface area contributed by atoms with Gasteiger partial charge in [0.15, 0.2) is 5.82 Å². The van der Waals surface area contributed by atoms with Gasteiger partial charge in [-0.15, -0.1) is 10.2 Å². The molecule has 0 unspecified atom stereocenters. The van der Waals surface area contributed by atoms with E-state index in [0.717, 1.165) is 36.8 Å². The number of β-amino-alcohol motifs (C(OH)–C–C–N with tert-alkyl or cyclic N) is 1. The molecule has 0 spiro atoms. The molecule has 0 radical (unpaired) electrons. The largest absolute Gasteiger partial charge is 0.389 e. The molecule has 0 saturated carbocycles. The van der Waals surface area contributed by atoms with E-state index in [1.54, 1.807) is 7.11 Å². The van der Waals surface area contributed by atoms with Gasteiger partial charge in [0.2, 0.25) is 0 Å². The Balaban J connectivity index is 1.57. The Hall–Kier alpha value is -1.80. The third-order valence-corrected chi connectivity index (χ3v) is 5.72. The van der Waals surface area contributed by atoms with E-state index >= 15 is 0 Å². The van der Waals surface area contributed by atoms with Crippen LogP contribution in [0.15, 0.2) is 30.3 Å². The topological polar surface area (TPSA) is 75.4 Å². The van der Waals surface area contributed by atoms with Crippen LogP contribution in [0.2, 0.25) is 0 Å². The lowest BCUT2D eigenvalue weighted by molar-refractivity contribution is 0.0214. The van der Waals surface area contributed by atoms with Crippen LogP contribution in [0.4, 0.5) is 0 Å². The molecule has 2 atom stereocenters. The van der Waals surface area contributed by atoms with Crippen LogP contribution in [-0.2, 0) is 17.7 Å². The average Bonchev–Trinajstić information content (AvgIpc) is 3.26. The molecule has 1 aromatic heterocycles. The first-order valence-electron chi connectivity index (χ1n) is 9.87. The molecular formula is C20H29N5O2. The summed E-state index contributed by atoms with van der Waals surface area (Å²) < 4.78 is 7.57. The van der Waals surface area contributed by atoms with Gasteiger partial charge in [-0.05, 0) is 44.0 Å². The fourth-order valence-corrected chi connectivity index (χ4v) is 4.20. The number of nitrogens with zero attached hydrogens (tertiary/aromatic N) is 4. The molecule has 7 nitrogen and oxygen atoms in total. The zero-order chi connectivity index (χ0) is 18.6. The van der Waals surface area contributed by atoms with E-state index in [0.29, 0.717) is 25.6 Å². The van der Waals surface area contributed by atoms with Gasteiger partial charge >= 0.3 is 0 Å². The van der Waals surface area contributed by atoms with Crippen LogP contribution in [0.5, 0.6) is 0 Å². The minimum absolute atomic E-state index is 0.132. The lowest BCUT2D eigenvalue weighted by Crippen LogP contribution is -2.29. The predicted molar refractivity (Wildman–Crippen MR) is 103 cm³/mol. The van der Waals surface area contributed by atoms with Crippen LogP contribution in [-0.4, -0.2) is 70.3 Å². The summed E-state index contributed by atoms with van der Waals surface area (Å²) in [6.45, 7) is 4.14. The molecule has 2 saturated heterocycles. The molecule has 7 heteroatoms. The fraction of sp³-hybridized carbons (Fsp3) is 0.600. The first-order chi connectivity index (χ1) is 13.2. The van der Waals surface area contributed by atoms with Crippen molar-refractivity contribution in [3.05, 3.63) is 42.0 Å². The predicted octanol–water partition coefficient (Wildman–Crippen LogP) is 1.00. The normalized spacial score (nSPS) is 24.5. The maximum Gasteiger partial charge on any atom is 0.151 e. The number of likely N-dealkylation sites (tertiary alicyclic amines) is 1. The second-order valence-electron chi connectivity index (χ2n) is 7.64. The molecule has 0 amide bonds. The Morgan fingerprint density at radius 1 is 1.11 bits per heavy atom. The molecule has 0 aliphatic carbocycles. The van der Waals surface area contributed by atoms with Crippen LogP contribution in [0.3, 0.4) is 0 Å². The van der Waals surface area contributed by atoms with Crippen LogP contribution >= 0.6 is 0 Å². The number of aliphatic hydroxyl groups is 1. The molecule has 2 aliphatic heterocycles. The first kappa shape index (κ1) is 18.6. The van der Waals surface area contributed by atoms with Crippen molar-refractivity contribution in [3.63, 3.8) is 0 Å². The number of benzene rings is 1. The summed E-state index contributed by atoms with van der Waals surface area (Å²) in [5.74, 6) is 2.61. The molecular weight excluding hydrogens is 342 g/mol. The number of ether oxygens (including phenoxy) is 1. The summed E-state index contributed by atoms with van der Waals surface area (Å²) in [6, 6.07) is 10.3. The number of para-hydroxylation sites is 1. The SMILES string of the molecule is CO[C@H]1CN(Cc2nnc(CC3CCNCC3)n2-c2ccccc2)C[C@@H]1O. The summed E-state index contributed by atoms with van der Waals surface area (Å²) >= 11 is 0. The number of aromatic nitrogens is 3. The van der Waals surface area contributed by atoms with E-state index in [4.69, 9.17) is 4.74 Å². The van der Waals surface area contributed by atoms with Gasteiger partial charge in [0.25, 0.3) is 0 Å². The third kappa shape index (κ3) is 4.21. The first-order valence-corrected chi connectivity index (χ1v) is 9.87. The van der Waals surface area contributed by atoms with Gasteiger partial charge in [0.1, 0.15) is 5.82 Å². The van der Waals surface area contributed by atoms with Crippen molar-refractivity contribution in [1.29, 1.82) is 0 Å². The van der Waals surface area contributed by atoms with E-state index in [2.05, 4.69) is 37.1 Å². The smallest absolute Gasteiger partial charge is 0.151 e. The minimum atomic E-state index is -0.447. The number of rotatable bonds is 6. The van der Waals surface area contributed by atoms with Crippen molar-refractivity contribution in [2.24, 2.45) is 5.92 Å². The summed E-state index contributed by atoms with van der Waals surface area (Å²) in [7, 11) is 1.65. The summed E-state index contributed by atoms with van der Waals surface area (Å²) in [5, 5.41) is 22.6. The Morgan fingerprint density at radius 3 is 2.56 bits per heavy atom. The summed E-state index contributed by atoms with van der Waals surface area (Å²) in [5.41, 5.74) is 1.10. The van der Waals surface area contributed by atoms with E-state index in [1.165, 1.54) is 12.8 Å². The van der Waals surface area contributed by atoms with Crippen molar-refractivity contribution in [3.8, 4) is 5.69 Å². The van der Waals surface area contributed by atoms with Crippen molar-refractivity contribution >= 4 is 0 Å². The van der Waals surface area contributed by atoms with Crippen LogP contribution in [0, 0.1) is 5.92 Å². The van der Waals surface area contributed by atoms with Gasteiger partial charge in [-0.2, -0.15) is 0 Å². The number of hydrogen-bond acceptors (Lipinski definition) is 6. The van der Waals surface area contributed by atoms with E-state index in [9.17, 15) is 5.11 Å². The maximum absolute atomic E-state index is 10.1. The van der Waals surface area contributed by atoms with Gasteiger partial charge in [-0.1, -0.05) is 18.2 Å². The zero-order valence-electron chi connectivity index (χ0n) is 15.9. The second-order valence-corrected chi connectivity index (χ2v) is 7.64. The molecule has 27 heavy (non-hydrogen) atoms. The van der Waals surface area contributed by atoms with Gasteiger partial charge in [-0.25, -0.2) is 0 Å². The zero-order valence-corrected chi connectivity index (χ0v) is 15.9. The number of nitrogens with one attached hydrogen (secondary N) is 1. The van der Waals surface area contributed by atoms with Gasteiger partial charge in [0, 0.05) is 32.3 Å². The molecule has 0 bridgehead atoms. The Bertz CT molecular complexity index is 729. The van der Waals surface area contributed by atoms with Crippen LogP contribution in [0.1, 0.15) is 24.5 Å². The highest BCUT2D eigenvalue weighted by atomic mass is 16.5. The van der Waals surface area contributed by atoms with Gasteiger partial charge in [-0.3, -0.25) is 9.47 Å². The minimum Gasteiger partial charge on any atom is -0.389 e. The van der Waals surface area contributed by atoms with Gasteiger partial charge < -0.3 is 15.2 Å². The highest BCUT2D eigenvalue weighted by Gasteiger charge is 2.32. The fourth-order valence-electron chi connectivity index (χ4n) is 4.20. The molecule has 2 aromatic rings. The molecule has 3 heterocycles. The van der Waals surface area contributed by atoms with E-state index in [-0.39, 0.29) is 6.10 Å². The molecule has 146 valence electrons. The Labute approximate surface area is 160 Å². The van der Waals surface area contributed by atoms with Crippen molar-refractivity contribution in [2.75, 3.05) is 33.3 Å². The monoisotopic (exact) mass is 371 g/mol. The molecule has 2 fully saturated rings. The number of aliphatic hydroxyl groups excluding tert-OH is 1. The molecule has 2 N–H and O–H groups in total. The molecule has 1 aromatic carbocycles. The summed E-state index contributed by atoms with van der Waals surface area (Å²) in [4.78, 5) is 2.19. The van der Waals surface area contributed by atoms with Gasteiger partial charge in [0.05, 0.1) is 18.8 Å². The second kappa shape index (κ2) is 8.48.